The number of aryl methyl sites for hydroxylation is 1. The van der Waals surface area contributed by atoms with Gasteiger partial charge in [0.1, 0.15) is 0 Å². The molecule has 2 fully saturated rings. The van der Waals surface area contributed by atoms with Gasteiger partial charge in [-0.05, 0) is 56.2 Å². The van der Waals surface area contributed by atoms with Crippen LogP contribution in [0, 0.1) is 6.92 Å². The number of benzene rings is 2. The number of halogens is 1. The minimum absolute atomic E-state index is 0.0867. The summed E-state index contributed by atoms with van der Waals surface area (Å²) in [5.41, 5.74) is 2.62. The number of carbonyl (C=O) groups excluding carboxylic acids is 2. The van der Waals surface area contributed by atoms with Crippen molar-refractivity contribution in [3.8, 4) is 0 Å². The van der Waals surface area contributed by atoms with E-state index in [4.69, 9.17) is 0 Å². The summed E-state index contributed by atoms with van der Waals surface area (Å²) in [5.74, 6) is 1.13. The second-order valence-electron chi connectivity index (χ2n) is 7.42. The first-order valence-electron chi connectivity index (χ1n) is 9.56. The van der Waals surface area contributed by atoms with Crippen molar-refractivity contribution in [2.24, 2.45) is 0 Å². The van der Waals surface area contributed by atoms with Gasteiger partial charge in [-0.2, -0.15) is 0 Å². The van der Waals surface area contributed by atoms with Gasteiger partial charge < -0.3 is 9.80 Å². The van der Waals surface area contributed by atoms with Gasteiger partial charge in [-0.1, -0.05) is 33.6 Å². The van der Waals surface area contributed by atoms with Crippen molar-refractivity contribution in [3.63, 3.8) is 0 Å². The summed E-state index contributed by atoms with van der Waals surface area (Å²) in [5, 5.41) is 0. The maximum atomic E-state index is 13.1. The molecule has 0 radical (unpaired) electrons. The van der Waals surface area contributed by atoms with Crippen LogP contribution in [0.5, 0.6) is 0 Å². The molecule has 0 aliphatic carbocycles. The Bertz CT molecular complexity index is 874. The number of thioether (sulfide) groups is 1. The summed E-state index contributed by atoms with van der Waals surface area (Å²) in [4.78, 5) is 29.7. The Balaban J connectivity index is 1.46. The van der Waals surface area contributed by atoms with E-state index < -0.39 is 0 Å². The second-order valence-corrected chi connectivity index (χ2v) is 9.79. The molecule has 6 heteroatoms. The van der Waals surface area contributed by atoms with Gasteiger partial charge in [-0.3, -0.25) is 9.59 Å². The number of hydrogen-bond donors (Lipinski definition) is 0. The largest absolute Gasteiger partial charge is 0.338 e. The van der Waals surface area contributed by atoms with Crippen LogP contribution in [0.15, 0.2) is 53.0 Å². The average Bonchev–Trinajstić information content (AvgIpc) is 3.11. The Morgan fingerprint density at radius 3 is 2.11 bits per heavy atom. The molecule has 0 saturated carbocycles. The topological polar surface area (TPSA) is 40.6 Å². The van der Waals surface area contributed by atoms with Gasteiger partial charge in [0.05, 0.1) is 4.87 Å². The molecule has 2 heterocycles. The first kappa shape index (κ1) is 19.5. The number of amides is 2. The van der Waals surface area contributed by atoms with E-state index in [9.17, 15) is 9.59 Å². The molecular formula is C22H23BrN2O2S. The van der Waals surface area contributed by atoms with Crippen LogP contribution in [-0.4, -0.2) is 51.9 Å². The highest BCUT2D eigenvalue weighted by Crippen LogP contribution is 2.44. The van der Waals surface area contributed by atoms with Crippen LogP contribution in [-0.2, 0) is 0 Å². The van der Waals surface area contributed by atoms with Crippen molar-refractivity contribution in [1.29, 1.82) is 0 Å². The molecule has 0 atom stereocenters. The van der Waals surface area contributed by atoms with Crippen LogP contribution in [0.3, 0.4) is 0 Å². The first-order chi connectivity index (χ1) is 13.5. The number of piperidine rings is 1. The molecule has 4 rings (SSSR count). The number of hydrogen-bond acceptors (Lipinski definition) is 3. The van der Waals surface area contributed by atoms with Crippen molar-refractivity contribution in [1.82, 2.24) is 9.80 Å². The lowest BCUT2D eigenvalue weighted by atomic mass is 10.00. The van der Waals surface area contributed by atoms with Crippen molar-refractivity contribution in [3.05, 3.63) is 69.7 Å². The third-order valence-corrected chi connectivity index (χ3v) is 7.73. The SMILES string of the molecule is Cc1ccc(C(=O)N2CCC3(CC2)SCCN3C(=O)c2ccc(Br)cc2)cc1. The minimum Gasteiger partial charge on any atom is -0.338 e. The Morgan fingerprint density at radius 2 is 1.46 bits per heavy atom. The summed E-state index contributed by atoms with van der Waals surface area (Å²) in [6.07, 6.45) is 1.63. The Hall–Kier alpha value is -1.79. The van der Waals surface area contributed by atoms with Gasteiger partial charge in [0, 0.05) is 41.0 Å². The molecule has 146 valence electrons. The van der Waals surface area contributed by atoms with E-state index in [0.717, 1.165) is 46.3 Å². The fourth-order valence-electron chi connectivity index (χ4n) is 4.00. The molecule has 0 aromatic heterocycles. The number of likely N-dealkylation sites (tertiary alicyclic amines) is 1. The highest BCUT2D eigenvalue weighted by atomic mass is 79.9. The molecular weight excluding hydrogens is 436 g/mol. The smallest absolute Gasteiger partial charge is 0.254 e. The van der Waals surface area contributed by atoms with Gasteiger partial charge in [-0.25, -0.2) is 0 Å². The lowest BCUT2D eigenvalue weighted by Gasteiger charge is -2.44. The zero-order valence-electron chi connectivity index (χ0n) is 15.9. The van der Waals surface area contributed by atoms with Crippen molar-refractivity contribution in [2.45, 2.75) is 24.6 Å². The molecule has 2 saturated heterocycles. The van der Waals surface area contributed by atoms with Crippen molar-refractivity contribution >= 4 is 39.5 Å². The van der Waals surface area contributed by atoms with Crippen LogP contribution in [0.1, 0.15) is 39.1 Å². The molecule has 0 N–H and O–H groups in total. The fraction of sp³-hybridized carbons (Fsp3) is 0.364. The van der Waals surface area contributed by atoms with E-state index in [1.54, 1.807) is 0 Å². The summed E-state index contributed by atoms with van der Waals surface area (Å²) in [6.45, 7) is 4.16. The average molecular weight is 459 g/mol. The third-order valence-electron chi connectivity index (χ3n) is 5.64. The van der Waals surface area contributed by atoms with Crippen LogP contribution in [0.4, 0.5) is 0 Å². The van der Waals surface area contributed by atoms with Gasteiger partial charge in [0.2, 0.25) is 0 Å². The van der Waals surface area contributed by atoms with Crippen molar-refractivity contribution < 1.29 is 9.59 Å². The van der Waals surface area contributed by atoms with E-state index in [1.165, 1.54) is 0 Å². The molecule has 2 aliphatic heterocycles. The van der Waals surface area contributed by atoms with Crippen LogP contribution >= 0.6 is 27.7 Å². The molecule has 4 nitrogen and oxygen atoms in total. The maximum Gasteiger partial charge on any atom is 0.254 e. The van der Waals surface area contributed by atoms with Crippen LogP contribution < -0.4 is 0 Å². The normalized spacial score (nSPS) is 18.5. The highest BCUT2D eigenvalue weighted by Gasteiger charge is 2.47. The van der Waals surface area contributed by atoms with E-state index in [2.05, 4.69) is 15.9 Å². The summed E-state index contributed by atoms with van der Waals surface area (Å²) < 4.78 is 0.970. The standard InChI is InChI=1S/C22H23BrN2O2S/c1-16-2-4-17(5-3-16)20(26)24-12-10-22(11-13-24)25(14-15-28-22)21(27)18-6-8-19(23)9-7-18/h2-9H,10-15H2,1H3. The first-order valence-corrected chi connectivity index (χ1v) is 11.3. The minimum atomic E-state index is -0.186. The Morgan fingerprint density at radius 1 is 0.893 bits per heavy atom. The zero-order valence-corrected chi connectivity index (χ0v) is 18.3. The molecule has 0 bridgehead atoms. The van der Waals surface area contributed by atoms with Crippen LogP contribution in [0.2, 0.25) is 0 Å². The predicted octanol–water partition coefficient (Wildman–Crippen LogP) is 4.58. The highest BCUT2D eigenvalue weighted by molar-refractivity contribution is 9.10. The molecule has 2 aromatic rings. The number of carbonyl (C=O) groups is 2. The quantitative estimate of drug-likeness (QED) is 0.660. The van der Waals surface area contributed by atoms with Gasteiger partial charge >= 0.3 is 0 Å². The van der Waals surface area contributed by atoms with Crippen molar-refractivity contribution in [2.75, 3.05) is 25.4 Å². The molecule has 1 spiro atoms. The zero-order chi connectivity index (χ0) is 19.7. The Kier molecular flexibility index (Phi) is 5.52. The monoisotopic (exact) mass is 458 g/mol. The van der Waals surface area contributed by atoms with E-state index in [-0.39, 0.29) is 16.7 Å². The second kappa shape index (κ2) is 7.91. The molecule has 2 aliphatic rings. The summed E-state index contributed by atoms with van der Waals surface area (Å²) in [6, 6.07) is 15.3. The molecule has 28 heavy (non-hydrogen) atoms. The van der Waals surface area contributed by atoms with Gasteiger partial charge in [-0.15, -0.1) is 11.8 Å². The van der Waals surface area contributed by atoms with E-state index >= 15 is 0 Å². The molecule has 2 amide bonds. The summed E-state index contributed by atoms with van der Waals surface area (Å²) >= 11 is 5.29. The fourth-order valence-corrected chi connectivity index (χ4v) is 5.72. The van der Waals surface area contributed by atoms with E-state index in [0.29, 0.717) is 13.1 Å². The number of nitrogens with zero attached hydrogens (tertiary/aromatic N) is 2. The number of rotatable bonds is 2. The lowest BCUT2D eigenvalue weighted by Crippen LogP contribution is -2.53. The Labute approximate surface area is 178 Å². The molecule has 0 unspecified atom stereocenters. The van der Waals surface area contributed by atoms with Crippen LogP contribution in [0.25, 0.3) is 0 Å². The third kappa shape index (κ3) is 3.72. The summed E-state index contributed by atoms with van der Waals surface area (Å²) in [7, 11) is 0. The predicted molar refractivity (Wildman–Crippen MR) is 117 cm³/mol. The maximum absolute atomic E-state index is 13.1. The lowest BCUT2D eigenvalue weighted by molar-refractivity contribution is 0.0498. The van der Waals surface area contributed by atoms with E-state index in [1.807, 2.05) is 77.0 Å². The van der Waals surface area contributed by atoms with Gasteiger partial charge in [0.25, 0.3) is 11.8 Å². The van der Waals surface area contributed by atoms with Gasteiger partial charge in [0.15, 0.2) is 0 Å². The molecule has 2 aromatic carbocycles.